The molecule has 146 valence electrons. The van der Waals surface area contributed by atoms with E-state index in [0.717, 1.165) is 11.8 Å². The van der Waals surface area contributed by atoms with Gasteiger partial charge in [-0.25, -0.2) is 0 Å². The van der Waals surface area contributed by atoms with Crippen molar-refractivity contribution in [1.29, 1.82) is 0 Å². The van der Waals surface area contributed by atoms with Gasteiger partial charge in [0.2, 0.25) is 0 Å². The predicted octanol–water partition coefficient (Wildman–Crippen LogP) is 3.61. The average Bonchev–Trinajstić information content (AvgIpc) is 3.12. The van der Waals surface area contributed by atoms with Gasteiger partial charge in [0.25, 0.3) is 5.91 Å². The van der Waals surface area contributed by atoms with Crippen LogP contribution in [0, 0.1) is 0 Å². The number of nitrogens with one attached hydrogen (secondary N) is 1. The lowest BCUT2D eigenvalue weighted by atomic mass is 9.96. The minimum absolute atomic E-state index is 0.0454. The fourth-order valence-electron chi connectivity index (χ4n) is 3.09. The molecule has 0 radical (unpaired) electrons. The number of hydrogen-bond donors (Lipinski definition) is 1. The summed E-state index contributed by atoms with van der Waals surface area (Å²) in [5.74, 6) is -0.612. The lowest BCUT2D eigenvalue weighted by Gasteiger charge is -2.18. The topological polar surface area (TPSA) is 81.4 Å². The smallest absolute Gasteiger partial charge is 0.312 e. The highest BCUT2D eigenvalue weighted by atomic mass is 16.5. The summed E-state index contributed by atoms with van der Waals surface area (Å²) in [6.45, 7) is 4.14. The van der Waals surface area contributed by atoms with Gasteiger partial charge in [0.1, 0.15) is 5.69 Å². The zero-order valence-corrected chi connectivity index (χ0v) is 16.1. The lowest BCUT2D eigenvalue weighted by Crippen LogP contribution is -2.38. The summed E-state index contributed by atoms with van der Waals surface area (Å²) in [5, 5.41) is 7.56. The Morgan fingerprint density at radius 3 is 2.57 bits per heavy atom. The second kappa shape index (κ2) is 9.17. The molecule has 0 unspecified atom stereocenters. The Hall–Kier alpha value is -3.15. The molecule has 3 aromatic rings. The Balaban J connectivity index is 1.51. The zero-order chi connectivity index (χ0) is 19.9. The number of rotatable bonds is 8. The van der Waals surface area contributed by atoms with Crippen LogP contribution in [0.5, 0.6) is 0 Å². The van der Waals surface area contributed by atoms with Crippen LogP contribution >= 0.6 is 0 Å². The molecule has 0 saturated heterocycles. The number of para-hydroxylation sites is 1. The molecule has 2 aromatic carbocycles. The van der Waals surface area contributed by atoms with Crippen LogP contribution in [0.4, 0.5) is 0 Å². The summed E-state index contributed by atoms with van der Waals surface area (Å²) >= 11 is 0. The van der Waals surface area contributed by atoms with Crippen molar-refractivity contribution >= 4 is 22.8 Å². The largest absolute Gasteiger partial charge is 0.452 e. The van der Waals surface area contributed by atoms with Gasteiger partial charge in [0.05, 0.1) is 6.42 Å². The lowest BCUT2D eigenvalue weighted by molar-refractivity contribution is -0.154. The van der Waals surface area contributed by atoms with E-state index in [2.05, 4.69) is 17.4 Å². The molecule has 6 heteroatoms. The normalized spacial score (nSPS) is 13.1. The van der Waals surface area contributed by atoms with E-state index in [1.165, 1.54) is 5.56 Å². The molecule has 1 N–H and O–H groups in total. The van der Waals surface area contributed by atoms with Crippen molar-refractivity contribution in [3.63, 3.8) is 0 Å². The number of ether oxygens (including phenoxy) is 1. The fraction of sp³-hybridized carbons (Fsp3) is 0.318. The third-order valence-electron chi connectivity index (χ3n) is 4.73. The molecule has 1 heterocycles. The van der Waals surface area contributed by atoms with Crippen molar-refractivity contribution in [3.8, 4) is 0 Å². The van der Waals surface area contributed by atoms with Crippen LogP contribution in [0.15, 0.2) is 59.1 Å². The van der Waals surface area contributed by atoms with E-state index in [1.54, 1.807) is 13.0 Å². The Morgan fingerprint density at radius 2 is 1.82 bits per heavy atom. The quantitative estimate of drug-likeness (QED) is 0.604. The maximum absolute atomic E-state index is 12.3. The number of benzene rings is 2. The maximum atomic E-state index is 12.3. The van der Waals surface area contributed by atoms with Crippen molar-refractivity contribution in [2.45, 2.75) is 38.7 Å². The van der Waals surface area contributed by atoms with Crippen LogP contribution in [0.25, 0.3) is 11.0 Å². The molecule has 1 amide bonds. The SMILES string of the molecule is CC[C@@H](CNC(=O)[C@H](C)OC(=O)Cc1noc2ccccc12)c1ccccc1. The van der Waals surface area contributed by atoms with Crippen molar-refractivity contribution < 1.29 is 18.8 Å². The molecule has 6 nitrogen and oxygen atoms in total. The molecule has 0 aliphatic rings. The van der Waals surface area contributed by atoms with E-state index in [9.17, 15) is 9.59 Å². The van der Waals surface area contributed by atoms with E-state index >= 15 is 0 Å². The molecule has 0 spiro atoms. The van der Waals surface area contributed by atoms with Crippen LogP contribution in [0.1, 0.15) is 37.4 Å². The number of aromatic nitrogens is 1. The number of nitrogens with zero attached hydrogens (tertiary/aromatic N) is 1. The van der Waals surface area contributed by atoms with Crippen molar-refractivity contribution in [1.82, 2.24) is 10.5 Å². The van der Waals surface area contributed by atoms with Crippen LogP contribution in [0.3, 0.4) is 0 Å². The molecular weight excluding hydrogens is 356 g/mol. The zero-order valence-electron chi connectivity index (χ0n) is 16.1. The highest BCUT2D eigenvalue weighted by Crippen LogP contribution is 2.19. The van der Waals surface area contributed by atoms with Gasteiger partial charge in [-0.2, -0.15) is 0 Å². The fourth-order valence-corrected chi connectivity index (χ4v) is 3.09. The van der Waals surface area contributed by atoms with Gasteiger partial charge in [-0.1, -0.05) is 54.5 Å². The molecule has 0 bridgehead atoms. The molecule has 1 aromatic heterocycles. The summed E-state index contributed by atoms with van der Waals surface area (Å²) in [6.07, 6.45) is -0.0209. The maximum Gasteiger partial charge on any atom is 0.312 e. The first-order chi connectivity index (χ1) is 13.6. The average molecular weight is 380 g/mol. The summed E-state index contributed by atoms with van der Waals surface area (Å²) in [4.78, 5) is 24.5. The van der Waals surface area contributed by atoms with E-state index in [4.69, 9.17) is 9.26 Å². The highest BCUT2D eigenvalue weighted by molar-refractivity contribution is 5.86. The Morgan fingerprint density at radius 1 is 1.11 bits per heavy atom. The monoisotopic (exact) mass is 380 g/mol. The van der Waals surface area contributed by atoms with Crippen molar-refractivity contribution in [3.05, 3.63) is 65.9 Å². The first-order valence-electron chi connectivity index (χ1n) is 9.44. The first kappa shape index (κ1) is 19.6. The van der Waals surface area contributed by atoms with Crippen molar-refractivity contribution in [2.75, 3.05) is 6.54 Å². The number of carbonyl (C=O) groups is 2. The number of hydrogen-bond acceptors (Lipinski definition) is 5. The van der Waals surface area contributed by atoms with Gasteiger partial charge in [-0.05, 0) is 31.0 Å². The summed E-state index contributed by atoms with van der Waals surface area (Å²) in [6, 6.07) is 17.3. The van der Waals surface area contributed by atoms with E-state index < -0.39 is 12.1 Å². The number of esters is 1. The minimum Gasteiger partial charge on any atom is -0.452 e. The van der Waals surface area contributed by atoms with Gasteiger partial charge in [-0.3, -0.25) is 9.59 Å². The van der Waals surface area contributed by atoms with Crippen LogP contribution < -0.4 is 5.32 Å². The van der Waals surface area contributed by atoms with Gasteiger partial charge in [-0.15, -0.1) is 0 Å². The van der Waals surface area contributed by atoms with Crippen LogP contribution in [-0.2, 0) is 20.7 Å². The van der Waals surface area contributed by atoms with Gasteiger partial charge >= 0.3 is 5.97 Å². The molecular formula is C22H24N2O4. The Bertz CT molecular complexity index is 936. The molecule has 0 saturated carbocycles. The van der Waals surface area contributed by atoms with E-state index in [-0.39, 0.29) is 18.2 Å². The van der Waals surface area contributed by atoms with Crippen LogP contribution in [0.2, 0.25) is 0 Å². The Kier molecular flexibility index (Phi) is 6.42. The van der Waals surface area contributed by atoms with Gasteiger partial charge < -0.3 is 14.6 Å². The summed E-state index contributed by atoms with van der Waals surface area (Å²) < 4.78 is 10.5. The molecule has 0 fully saturated rings. The highest BCUT2D eigenvalue weighted by Gasteiger charge is 2.21. The second-order valence-electron chi connectivity index (χ2n) is 6.70. The molecule has 3 rings (SSSR count). The Labute approximate surface area is 163 Å². The van der Waals surface area contributed by atoms with E-state index in [1.807, 2.05) is 48.5 Å². The third kappa shape index (κ3) is 4.76. The minimum atomic E-state index is -0.876. The molecule has 28 heavy (non-hydrogen) atoms. The third-order valence-corrected chi connectivity index (χ3v) is 4.73. The van der Waals surface area contributed by atoms with Crippen LogP contribution in [-0.4, -0.2) is 29.7 Å². The molecule has 0 aliphatic heterocycles. The summed E-state index contributed by atoms with van der Waals surface area (Å²) in [7, 11) is 0. The standard InChI is InChI=1S/C22H24N2O4/c1-3-16(17-9-5-4-6-10-17)14-23-22(26)15(2)27-21(25)13-19-18-11-7-8-12-20(18)28-24-19/h4-12,15-16H,3,13-14H2,1-2H3,(H,23,26)/t15-,16-/m0/s1. The number of fused-ring (bicyclic) bond motifs is 1. The summed E-state index contributed by atoms with van der Waals surface area (Å²) in [5.41, 5.74) is 2.29. The number of amides is 1. The molecule has 0 aliphatic carbocycles. The molecule has 2 atom stereocenters. The van der Waals surface area contributed by atoms with Crippen molar-refractivity contribution in [2.24, 2.45) is 0 Å². The second-order valence-corrected chi connectivity index (χ2v) is 6.70. The number of carbonyl (C=O) groups excluding carboxylic acids is 2. The van der Waals surface area contributed by atoms with Gasteiger partial charge in [0.15, 0.2) is 11.7 Å². The first-order valence-corrected chi connectivity index (χ1v) is 9.44. The van der Waals surface area contributed by atoms with Gasteiger partial charge in [0, 0.05) is 17.8 Å². The predicted molar refractivity (Wildman–Crippen MR) is 106 cm³/mol. The van der Waals surface area contributed by atoms with E-state index in [0.29, 0.717) is 17.8 Å².